The summed E-state index contributed by atoms with van der Waals surface area (Å²) in [5.74, 6) is 1.31. The minimum absolute atomic E-state index is 0.115. The van der Waals surface area contributed by atoms with Gasteiger partial charge in [-0.15, -0.1) is 11.3 Å². The van der Waals surface area contributed by atoms with Crippen LogP contribution in [0.2, 0.25) is 0 Å². The summed E-state index contributed by atoms with van der Waals surface area (Å²) < 4.78 is 16.6. The number of fused-ring (bicyclic) bond motifs is 1. The molecule has 198 valence electrons. The highest BCUT2D eigenvalue weighted by molar-refractivity contribution is 7.15. The minimum atomic E-state index is -0.302. The van der Waals surface area contributed by atoms with Crippen LogP contribution >= 0.6 is 11.3 Å². The molecule has 1 aliphatic heterocycles. The van der Waals surface area contributed by atoms with E-state index in [9.17, 15) is 4.79 Å². The highest BCUT2D eigenvalue weighted by Gasteiger charge is 2.30. The summed E-state index contributed by atoms with van der Waals surface area (Å²) in [6.45, 7) is 12.4. The average Bonchev–Trinajstić information content (AvgIpc) is 3.16. The number of anilines is 1. The lowest BCUT2D eigenvalue weighted by Crippen LogP contribution is -2.44. The van der Waals surface area contributed by atoms with E-state index in [2.05, 4.69) is 28.7 Å². The molecule has 1 aromatic rings. The fraction of sp³-hybridized carbons (Fsp3) is 0.769. The van der Waals surface area contributed by atoms with Crippen LogP contribution in [-0.2, 0) is 31.8 Å². The number of thiazole rings is 1. The van der Waals surface area contributed by atoms with Crippen molar-refractivity contribution < 1.29 is 19.0 Å². The Hall–Kier alpha value is -1.68. The van der Waals surface area contributed by atoms with Crippen LogP contribution < -0.4 is 5.32 Å². The third-order valence-electron chi connectivity index (χ3n) is 7.12. The second-order valence-electron chi connectivity index (χ2n) is 9.55. The first-order valence-corrected chi connectivity index (χ1v) is 13.9. The molecule has 0 saturated heterocycles. The Bertz CT molecular complexity index is 778. The van der Waals surface area contributed by atoms with E-state index in [0.717, 1.165) is 69.0 Å². The van der Waals surface area contributed by atoms with Gasteiger partial charge in [-0.2, -0.15) is 0 Å². The number of likely N-dealkylation sites (N-methyl/N-ethyl adjacent to an activating group) is 1. The molecule has 1 aromatic heterocycles. The molecular formula is C26H44N4O4S. The maximum Gasteiger partial charge on any atom is 0.305 e. The molecular weight excluding hydrogens is 464 g/mol. The third kappa shape index (κ3) is 8.44. The lowest BCUT2D eigenvalue weighted by atomic mass is 9.83. The number of methoxy groups -OCH3 is 1. The number of nitrogens with one attached hydrogen (secondary N) is 1. The van der Waals surface area contributed by atoms with Gasteiger partial charge >= 0.3 is 5.97 Å². The van der Waals surface area contributed by atoms with Gasteiger partial charge in [0.15, 0.2) is 11.4 Å². The summed E-state index contributed by atoms with van der Waals surface area (Å²) >= 11 is 1.75. The molecule has 3 rings (SSSR count). The van der Waals surface area contributed by atoms with Crippen molar-refractivity contribution in [2.45, 2.75) is 77.5 Å². The van der Waals surface area contributed by atoms with Crippen molar-refractivity contribution in [3.63, 3.8) is 0 Å². The predicted octanol–water partition coefficient (Wildman–Crippen LogP) is 4.27. The fourth-order valence-electron chi connectivity index (χ4n) is 5.06. The Kier molecular flexibility index (Phi) is 11.3. The van der Waals surface area contributed by atoms with Crippen LogP contribution in [0, 0.1) is 5.92 Å². The standard InChI is InChI=1S/C26H44N4O4S/c1-6-33-25(34-7-2)18-30(21-11-8-20(9-12-21)10-13-24(31)32-5)19(3)27-26-28-22-14-16-29(4)17-15-23(22)35-26/h20-21,25H,3,6-18H2,1-2,4-5H3,(H,27,28). The van der Waals surface area contributed by atoms with E-state index < -0.39 is 0 Å². The first-order chi connectivity index (χ1) is 16.9. The SMILES string of the molecule is C=C(Nc1nc2c(s1)CCN(C)CC2)N(CC(OCC)OCC)C1CCC(CCC(=O)OC)CC1. The first-order valence-electron chi connectivity index (χ1n) is 13.1. The zero-order valence-electron chi connectivity index (χ0n) is 22.0. The molecule has 2 aliphatic rings. The van der Waals surface area contributed by atoms with E-state index in [4.69, 9.17) is 19.2 Å². The second kappa shape index (κ2) is 14.2. The summed E-state index contributed by atoms with van der Waals surface area (Å²) in [6.07, 6.45) is 7.45. The van der Waals surface area contributed by atoms with Crippen LogP contribution in [0.5, 0.6) is 0 Å². The van der Waals surface area contributed by atoms with Gasteiger partial charge in [-0.1, -0.05) is 6.58 Å². The number of rotatable bonds is 13. The fourth-order valence-corrected chi connectivity index (χ4v) is 6.08. The van der Waals surface area contributed by atoms with E-state index in [1.807, 2.05) is 13.8 Å². The second-order valence-corrected chi connectivity index (χ2v) is 10.6. The van der Waals surface area contributed by atoms with E-state index in [0.29, 0.717) is 38.1 Å². The van der Waals surface area contributed by atoms with Crippen molar-refractivity contribution in [3.8, 4) is 0 Å². The number of hydrogen-bond donors (Lipinski definition) is 1. The summed E-state index contributed by atoms with van der Waals surface area (Å²) in [5, 5.41) is 4.45. The van der Waals surface area contributed by atoms with Gasteiger partial charge in [0.1, 0.15) is 5.82 Å². The number of hydrogen-bond acceptors (Lipinski definition) is 9. The molecule has 0 amide bonds. The van der Waals surface area contributed by atoms with Crippen LogP contribution in [0.4, 0.5) is 5.13 Å². The monoisotopic (exact) mass is 508 g/mol. The van der Waals surface area contributed by atoms with Crippen molar-refractivity contribution >= 4 is 22.4 Å². The summed E-state index contributed by atoms with van der Waals surface area (Å²) in [6, 6.07) is 0.347. The molecule has 0 atom stereocenters. The van der Waals surface area contributed by atoms with Gasteiger partial charge in [0.05, 0.1) is 19.3 Å². The molecule has 0 aromatic carbocycles. The average molecular weight is 509 g/mol. The van der Waals surface area contributed by atoms with Crippen molar-refractivity contribution in [2.24, 2.45) is 5.92 Å². The molecule has 1 saturated carbocycles. The molecule has 35 heavy (non-hydrogen) atoms. The quantitative estimate of drug-likeness (QED) is 0.313. The van der Waals surface area contributed by atoms with Crippen LogP contribution in [0.1, 0.15) is 62.9 Å². The van der Waals surface area contributed by atoms with Gasteiger partial charge in [-0.25, -0.2) is 4.98 Å². The Morgan fingerprint density at radius 2 is 1.89 bits per heavy atom. The summed E-state index contributed by atoms with van der Waals surface area (Å²) in [5.41, 5.74) is 1.22. The zero-order chi connectivity index (χ0) is 25.2. The molecule has 2 heterocycles. The van der Waals surface area contributed by atoms with E-state index in [1.165, 1.54) is 17.7 Å². The summed E-state index contributed by atoms with van der Waals surface area (Å²) in [7, 11) is 3.63. The number of carbonyl (C=O) groups excluding carboxylic acids is 1. The van der Waals surface area contributed by atoms with Gasteiger partial charge in [0.2, 0.25) is 0 Å². The molecule has 1 N–H and O–H groups in total. The van der Waals surface area contributed by atoms with Crippen LogP contribution in [0.15, 0.2) is 12.4 Å². The van der Waals surface area contributed by atoms with Crippen LogP contribution in [-0.4, -0.2) is 80.1 Å². The largest absolute Gasteiger partial charge is 0.469 e. The Labute approximate surface area is 215 Å². The van der Waals surface area contributed by atoms with E-state index >= 15 is 0 Å². The van der Waals surface area contributed by atoms with E-state index in [-0.39, 0.29) is 12.3 Å². The zero-order valence-corrected chi connectivity index (χ0v) is 22.8. The van der Waals surface area contributed by atoms with Crippen molar-refractivity contribution in [1.82, 2.24) is 14.8 Å². The topological polar surface area (TPSA) is 76.2 Å². The third-order valence-corrected chi connectivity index (χ3v) is 8.19. The van der Waals surface area contributed by atoms with E-state index in [1.54, 1.807) is 11.3 Å². The van der Waals surface area contributed by atoms with Crippen LogP contribution in [0.3, 0.4) is 0 Å². The molecule has 9 heteroatoms. The lowest BCUT2D eigenvalue weighted by Gasteiger charge is -2.40. The van der Waals surface area contributed by atoms with Gasteiger partial charge in [0.25, 0.3) is 0 Å². The number of ether oxygens (including phenoxy) is 3. The maximum absolute atomic E-state index is 11.6. The Morgan fingerprint density at radius 1 is 1.20 bits per heavy atom. The maximum atomic E-state index is 11.6. The van der Waals surface area contributed by atoms with Crippen molar-refractivity contribution in [3.05, 3.63) is 23.0 Å². The van der Waals surface area contributed by atoms with Gasteiger partial charge in [-0.3, -0.25) is 4.79 Å². The molecule has 0 spiro atoms. The predicted molar refractivity (Wildman–Crippen MR) is 141 cm³/mol. The molecule has 0 bridgehead atoms. The number of esters is 1. The molecule has 1 fully saturated rings. The van der Waals surface area contributed by atoms with Crippen LogP contribution in [0.25, 0.3) is 0 Å². The smallest absolute Gasteiger partial charge is 0.305 e. The molecule has 1 aliphatic carbocycles. The number of carbonyl (C=O) groups is 1. The number of nitrogens with zero attached hydrogens (tertiary/aromatic N) is 3. The Morgan fingerprint density at radius 3 is 2.54 bits per heavy atom. The van der Waals surface area contributed by atoms with Gasteiger partial charge in [0, 0.05) is 50.1 Å². The van der Waals surface area contributed by atoms with Gasteiger partial charge in [-0.05, 0) is 65.3 Å². The first kappa shape index (κ1) is 27.9. The van der Waals surface area contributed by atoms with Gasteiger partial charge < -0.3 is 29.3 Å². The summed E-state index contributed by atoms with van der Waals surface area (Å²) in [4.78, 5) is 22.5. The lowest BCUT2D eigenvalue weighted by molar-refractivity contribution is -0.148. The van der Waals surface area contributed by atoms with Crippen molar-refractivity contribution in [1.29, 1.82) is 0 Å². The van der Waals surface area contributed by atoms with Crippen molar-refractivity contribution in [2.75, 3.05) is 52.3 Å². The normalized spacial score (nSPS) is 20.8. The molecule has 8 nitrogen and oxygen atoms in total. The molecule has 0 radical (unpaired) electrons. The number of aromatic nitrogens is 1. The highest BCUT2D eigenvalue weighted by Crippen LogP contribution is 2.33. The highest BCUT2D eigenvalue weighted by atomic mass is 32.1. The minimum Gasteiger partial charge on any atom is -0.469 e. The molecule has 0 unspecified atom stereocenters. The Balaban J connectivity index is 1.66.